The summed E-state index contributed by atoms with van der Waals surface area (Å²) in [5.74, 6) is 0.558. The molecular formula is C21H17BrN2O5. The van der Waals surface area contributed by atoms with Crippen LogP contribution in [0.3, 0.4) is 0 Å². The number of hydrogen-bond acceptors (Lipinski definition) is 5. The smallest absolute Gasteiger partial charge is 0.290 e. The molecule has 2 aromatic carbocycles. The molecule has 1 atom stereocenters. The van der Waals surface area contributed by atoms with Gasteiger partial charge in [0.05, 0.1) is 5.69 Å². The predicted octanol–water partition coefficient (Wildman–Crippen LogP) is 3.99. The van der Waals surface area contributed by atoms with Gasteiger partial charge >= 0.3 is 0 Å². The lowest BCUT2D eigenvalue weighted by Gasteiger charge is -2.19. The van der Waals surface area contributed by atoms with Crippen molar-refractivity contribution in [3.63, 3.8) is 0 Å². The molecule has 29 heavy (non-hydrogen) atoms. The molecule has 4 rings (SSSR count). The zero-order chi connectivity index (χ0) is 20.4. The number of nitrogens with one attached hydrogen (secondary N) is 1. The third kappa shape index (κ3) is 4.12. The summed E-state index contributed by atoms with van der Waals surface area (Å²) in [6.45, 7) is 0.0227. The lowest BCUT2D eigenvalue weighted by molar-refractivity contribution is -0.120. The first kappa shape index (κ1) is 19.1. The summed E-state index contributed by atoms with van der Waals surface area (Å²) in [4.78, 5) is 26.8. The number of anilines is 1. The number of halogens is 1. The minimum absolute atomic E-state index is 0.0227. The van der Waals surface area contributed by atoms with Crippen LogP contribution in [0.25, 0.3) is 0 Å². The van der Waals surface area contributed by atoms with E-state index in [1.807, 2.05) is 24.3 Å². The van der Waals surface area contributed by atoms with Crippen LogP contribution in [0.15, 0.2) is 69.6 Å². The number of para-hydroxylation sites is 2. The van der Waals surface area contributed by atoms with Crippen molar-refractivity contribution in [2.24, 2.45) is 0 Å². The van der Waals surface area contributed by atoms with E-state index in [1.54, 1.807) is 37.4 Å². The molecule has 0 unspecified atom stereocenters. The first-order valence-corrected chi connectivity index (χ1v) is 9.64. The van der Waals surface area contributed by atoms with Crippen molar-refractivity contribution in [2.45, 2.75) is 6.04 Å². The van der Waals surface area contributed by atoms with Crippen molar-refractivity contribution in [3.05, 3.63) is 70.9 Å². The molecule has 1 aromatic heterocycles. The summed E-state index contributed by atoms with van der Waals surface area (Å²) < 4.78 is 17.7. The molecule has 2 amide bonds. The number of carbonyl (C=O) groups is 2. The average molecular weight is 457 g/mol. The summed E-state index contributed by atoms with van der Waals surface area (Å²) in [5, 5.41) is 2.66. The minimum Gasteiger partial charge on any atom is -0.489 e. The van der Waals surface area contributed by atoms with Crippen molar-refractivity contribution < 1.29 is 23.5 Å². The molecule has 1 aliphatic rings. The predicted molar refractivity (Wildman–Crippen MR) is 110 cm³/mol. The lowest BCUT2D eigenvalue weighted by Crippen LogP contribution is -2.49. The Morgan fingerprint density at radius 2 is 1.90 bits per heavy atom. The lowest BCUT2D eigenvalue weighted by atomic mass is 10.2. The summed E-state index contributed by atoms with van der Waals surface area (Å²) >= 11 is 3.35. The summed E-state index contributed by atoms with van der Waals surface area (Å²) in [7, 11) is 1.64. The number of likely N-dealkylation sites (N-methyl/N-ethyl adjacent to an activating group) is 1. The van der Waals surface area contributed by atoms with E-state index >= 15 is 0 Å². The Balaban J connectivity index is 1.44. The molecule has 8 heteroatoms. The maximum atomic E-state index is 12.7. The van der Waals surface area contributed by atoms with Gasteiger partial charge in [0, 0.05) is 17.6 Å². The van der Waals surface area contributed by atoms with Crippen LogP contribution >= 0.6 is 15.9 Å². The van der Waals surface area contributed by atoms with Gasteiger partial charge in [-0.05, 0) is 42.5 Å². The van der Waals surface area contributed by atoms with Crippen molar-refractivity contribution in [3.8, 4) is 17.4 Å². The number of rotatable bonds is 4. The van der Waals surface area contributed by atoms with E-state index < -0.39 is 11.9 Å². The van der Waals surface area contributed by atoms with E-state index in [2.05, 4.69) is 21.2 Å². The second kappa shape index (κ2) is 8.00. The Morgan fingerprint density at radius 1 is 1.14 bits per heavy atom. The van der Waals surface area contributed by atoms with Gasteiger partial charge in [-0.15, -0.1) is 0 Å². The number of benzene rings is 2. The maximum Gasteiger partial charge on any atom is 0.290 e. The Hall–Kier alpha value is -3.26. The Labute approximate surface area is 175 Å². The van der Waals surface area contributed by atoms with Crippen molar-refractivity contribution in [1.29, 1.82) is 0 Å². The van der Waals surface area contributed by atoms with Crippen LogP contribution in [0, 0.1) is 0 Å². The van der Waals surface area contributed by atoms with Gasteiger partial charge in [-0.3, -0.25) is 9.59 Å². The zero-order valence-electron chi connectivity index (χ0n) is 15.4. The quantitative estimate of drug-likeness (QED) is 0.641. The van der Waals surface area contributed by atoms with Gasteiger partial charge in [0.25, 0.3) is 17.8 Å². The van der Waals surface area contributed by atoms with Crippen LogP contribution in [-0.4, -0.2) is 31.5 Å². The number of nitrogens with zero attached hydrogens (tertiary/aromatic N) is 1. The first-order chi connectivity index (χ1) is 14.0. The molecule has 0 spiro atoms. The van der Waals surface area contributed by atoms with Gasteiger partial charge < -0.3 is 24.1 Å². The fourth-order valence-electron chi connectivity index (χ4n) is 2.90. The monoisotopic (exact) mass is 456 g/mol. The molecule has 0 bridgehead atoms. The highest BCUT2D eigenvalue weighted by molar-refractivity contribution is 9.10. The second-order valence-electron chi connectivity index (χ2n) is 6.38. The van der Waals surface area contributed by atoms with Gasteiger partial charge in [0.15, 0.2) is 5.76 Å². The number of furan rings is 1. The molecule has 0 fully saturated rings. The minimum atomic E-state index is -0.846. The van der Waals surface area contributed by atoms with Crippen molar-refractivity contribution in [2.75, 3.05) is 18.6 Å². The van der Waals surface area contributed by atoms with E-state index in [4.69, 9.17) is 13.9 Å². The fraction of sp³-hybridized carbons (Fsp3) is 0.143. The second-order valence-corrected chi connectivity index (χ2v) is 7.29. The molecular weight excluding hydrogens is 440 g/mol. The molecule has 0 saturated carbocycles. The molecule has 0 saturated heterocycles. The van der Waals surface area contributed by atoms with E-state index in [0.29, 0.717) is 17.2 Å². The molecule has 0 aliphatic carbocycles. The Bertz CT molecular complexity index is 1050. The van der Waals surface area contributed by atoms with Gasteiger partial charge in [0.2, 0.25) is 0 Å². The van der Waals surface area contributed by atoms with Crippen LogP contribution in [0.4, 0.5) is 5.69 Å². The van der Waals surface area contributed by atoms with Crippen LogP contribution in [-0.2, 0) is 4.79 Å². The van der Waals surface area contributed by atoms with E-state index in [-0.39, 0.29) is 24.2 Å². The molecule has 3 aromatic rings. The van der Waals surface area contributed by atoms with Gasteiger partial charge in [0.1, 0.15) is 24.1 Å². The molecule has 7 nitrogen and oxygen atoms in total. The SMILES string of the molecule is CN1C(=O)[C@@H](NC(=O)c2ccc(Oc3ccc(Br)cc3)o2)COc2ccccc21. The largest absolute Gasteiger partial charge is 0.489 e. The van der Waals surface area contributed by atoms with E-state index in [9.17, 15) is 9.59 Å². The number of carbonyl (C=O) groups excluding carboxylic acids is 2. The highest BCUT2D eigenvalue weighted by Crippen LogP contribution is 2.30. The number of hydrogen-bond donors (Lipinski definition) is 1. The Kier molecular flexibility index (Phi) is 5.26. The highest BCUT2D eigenvalue weighted by Gasteiger charge is 2.31. The maximum absolute atomic E-state index is 12.7. The zero-order valence-corrected chi connectivity index (χ0v) is 17.0. The topological polar surface area (TPSA) is 81.0 Å². The van der Waals surface area contributed by atoms with Gasteiger partial charge in [-0.25, -0.2) is 0 Å². The third-order valence-electron chi connectivity index (χ3n) is 4.40. The number of amides is 2. The number of ether oxygens (including phenoxy) is 2. The first-order valence-electron chi connectivity index (χ1n) is 8.85. The summed E-state index contributed by atoms with van der Waals surface area (Å²) in [5.41, 5.74) is 0.650. The van der Waals surface area contributed by atoms with Crippen molar-refractivity contribution >= 4 is 33.4 Å². The summed E-state index contributed by atoms with van der Waals surface area (Å²) in [6.07, 6.45) is 0. The molecule has 1 N–H and O–H groups in total. The van der Waals surface area contributed by atoms with Crippen LogP contribution in [0.1, 0.15) is 10.6 Å². The van der Waals surface area contributed by atoms with E-state index in [0.717, 1.165) is 4.47 Å². The molecule has 148 valence electrons. The van der Waals surface area contributed by atoms with Gasteiger partial charge in [-0.2, -0.15) is 0 Å². The highest BCUT2D eigenvalue weighted by atomic mass is 79.9. The molecule has 2 heterocycles. The molecule has 0 radical (unpaired) electrons. The van der Waals surface area contributed by atoms with Crippen LogP contribution < -0.4 is 19.7 Å². The average Bonchev–Trinajstić information content (AvgIpc) is 3.16. The number of fused-ring (bicyclic) bond motifs is 1. The van der Waals surface area contributed by atoms with Crippen molar-refractivity contribution in [1.82, 2.24) is 5.32 Å². The third-order valence-corrected chi connectivity index (χ3v) is 4.93. The fourth-order valence-corrected chi connectivity index (χ4v) is 3.17. The van der Waals surface area contributed by atoms with E-state index in [1.165, 1.54) is 11.0 Å². The van der Waals surface area contributed by atoms with Crippen LogP contribution in [0.5, 0.6) is 17.4 Å². The summed E-state index contributed by atoms with van der Waals surface area (Å²) in [6, 6.07) is 16.6. The standard InChI is InChI=1S/C21H17BrN2O5/c1-24-16-4-2-3-5-17(16)27-12-15(21(24)26)23-20(25)18-10-11-19(29-18)28-14-8-6-13(22)7-9-14/h2-11,15H,12H2,1H3,(H,23,25)/t15-/m0/s1. The Morgan fingerprint density at radius 3 is 2.69 bits per heavy atom. The normalized spacial score (nSPS) is 15.9. The van der Waals surface area contributed by atoms with Gasteiger partial charge in [-0.1, -0.05) is 28.1 Å². The van der Waals surface area contributed by atoms with Crippen LogP contribution in [0.2, 0.25) is 0 Å². The molecule has 1 aliphatic heterocycles.